The van der Waals surface area contributed by atoms with E-state index in [-0.39, 0.29) is 17.9 Å². The number of carbonyl (C=O) groups excluding carboxylic acids is 2. The fourth-order valence-corrected chi connectivity index (χ4v) is 3.33. The number of likely N-dealkylation sites (tertiary alicyclic amines) is 1. The highest BCUT2D eigenvalue weighted by molar-refractivity contribution is 5.79. The van der Waals surface area contributed by atoms with Crippen LogP contribution in [0.3, 0.4) is 0 Å². The van der Waals surface area contributed by atoms with Crippen molar-refractivity contribution in [3.05, 3.63) is 35.9 Å². The third-order valence-corrected chi connectivity index (χ3v) is 4.83. The predicted molar refractivity (Wildman–Crippen MR) is 111 cm³/mol. The molecule has 156 valence electrons. The summed E-state index contributed by atoms with van der Waals surface area (Å²) in [7, 11) is 2.10. The molecule has 2 rings (SSSR count). The molecule has 0 unspecified atom stereocenters. The van der Waals surface area contributed by atoms with Crippen LogP contribution in [0.4, 0.5) is 4.79 Å². The number of hydrogen-bond acceptors (Lipinski definition) is 4. The number of benzene rings is 1. The Morgan fingerprint density at radius 1 is 1.18 bits per heavy atom. The first-order valence-electron chi connectivity index (χ1n) is 10.2. The summed E-state index contributed by atoms with van der Waals surface area (Å²) in [6, 6.07) is 10.4. The van der Waals surface area contributed by atoms with E-state index in [0.717, 1.165) is 19.5 Å². The molecule has 1 aliphatic heterocycles. The van der Waals surface area contributed by atoms with Crippen LogP contribution in [0.25, 0.3) is 0 Å². The zero-order valence-electron chi connectivity index (χ0n) is 17.7. The molecule has 0 aliphatic carbocycles. The fraction of sp³-hybridized carbons (Fsp3) is 0.636. The molecular formula is C22H35N3O3. The van der Waals surface area contributed by atoms with E-state index in [1.54, 1.807) is 4.90 Å². The van der Waals surface area contributed by atoms with Gasteiger partial charge in [-0.2, -0.15) is 0 Å². The lowest BCUT2D eigenvalue weighted by atomic mass is 9.96. The van der Waals surface area contributed by atoms with Gasteiger partial charge in [-0.1, -0.05) is 30.3 Å². The highest BCUT2D eigenvalue weighted by atomic mass is 16.6. The van der Waals surface area contributed by atoms with E-state index in [9.17, 15) is 9.59 Å². The van der Waals surface area contributed by atoms with Gasteiger partial charge in [-0.3, -0.25) is 4.79 Å². The van der Waals surface area contributed by atoms with Gasteiger partial charge in [0.05, 0.1) is 0 Å². The van der Waals surface area contributed by atoms with E-state index >= 15 is 0 Å². The first-order valence-corrected chi connectivity index (χ1v) is 10.2. The summed E-state index contributed by atoms with van der Waals surface area (Å²) in [5, 5.41) is 3.05. The standard InChI is InChI=1S/C22H35N3O3/c1-22(2,3)28-21(27)25-15-11-19(12-16-25)20(26)23-13-8-14-24(4)17-18-9-6-5-7-10-18/h5-7,9-10,19H,8,11-17H2,1-4H3,(H,23,26). The van der Waals surface area contributed by atoms with Crippen molar-refractivity contribution in [1.29, 1.82) is 0 Å². The zero-order chi connectivity index (χ0) is 20.6. The third-order valence-electron chi connectivity index (χ3n) is 4.83. The number of carbonyl (C=O) groups is 2. The second-order valence-corrected chi connectivity index (χ2v) is 8.61. The van der Waals surface area contributed by atoms with Crippen molar-refractivity contribution in [1.82, 2.24) is 15.1 Å². The van der Waals surface area contributed by atoms with Crippen molar-refractivity contribution >= 4 is 12.0 Å². The Kier molecular flexibility index (Phi) is 8.30. The second kappa shape index (κ2) is 10.5. The summed E-state index contributed by atoms with van der Waals surface area (Å²) in [4.78, 5) is 28.4. The van der Waals surface area contributed by atoms with Crippen molar-refractivity contribution in [3.8, 4) is 0 Å². The Morgan fingerprint density at radius 2 is 1.82 bits per heavy atom. The van der Waals surface area contributed by atoms with Gasteiger partial charge in [-0.05, 0) is 59.2 Å². The summed E-state index contributed by atoms with van der Waals surface area (Å²) in [6.07, 6.45) is 2.02. The molecule has 2 amide bonds. The van der Waals surface area contributed by atoms with Crippen molar-refractivity contribution in [2.24, 2.45) is 5.92 Å². The monoisotopic (exact) mass is 389 g/mol. The number of amides is 2. The van der Waals surface area contributed by atoms with Gasteiger partial charge >= 0.3 is 6.09 Å². The van der Waals surface area contributed by atoms with Crippen LogP contribution in [-0.2, 0) is 16.1 Å². The number of nitrogens with zero attached hydrogens (tertiary/aromatic N) is 2. The van der Waals surface area contributed by atoms with E-state index in [1.807, 2.05) is 26.8 Å². The molecular weight excluding hydrogens is 354 g/mol. The number of piperidine rings is 1. The minimum atomic E-state index is -0.487. The van der Waals surface area contributed by atoms with Gasteiger partial charge in [-0.15, -0.1) is 0 Å². The molecule has 0 radical (unpaired) electrons. The molecule has 28 heavy (non-hydrogen) atoms. The van der Waals surface area contributed by atoms with Crippen molar-refractivity contribution < 1.29 is 14.3 Å². The van der Waals surface area contributed by atoms with Crippen molar-refractivity contribution in [2.45, 2.75) is 52.2 Å². The first-order chi connectivity index (χ1) is 13.2. The van der Waals surface area contributed by atoms with Gasteiger partial charge in [-0.25, -0.2) is 4.79 Å². The second-order valence-electron chi connectivity index (χ2n) is 8.61. The molecule has 0 bridgehead atoms. The molecule has 0 atom stereocenters. The van der Waals surface area contributed by atoms with E-state index in [0.29, 0.717) is 32.5 Å². The Morgan fingerprint density at radius 3 is 2.43 bits per heavy atom. The number of ether oxygens (including phenoxy) is 1. The molecule has 1 aliphatic rings. The van der Waals surface area contributed by atoms with Gasteiger partial charge < -0.3 is 19.9 Å². The number of hydrogen-bond donors (Lipinski definition) is 1. The molecule has 0 spiro atoms. The highest BCUT2D eigenvalue weighted by Crippen LogP contribution is 2.19. The minimum absolute atomic E-state index is 0.0132. The topological polar surface area (TPSA) is 61.9 Å². The van der Waals surface area contributed by atoms with E-state index in [1.165, 1.54) is 5.56 Å². The summed E-state index contributed by atoms with van der Waals surface area (Å²) < 4.78 is 5.40. The molecule has 1 aromatic rings. The molecule has 1 N–H and O–H groups in total. The smallest absolute Gasteiger partial charge is 0.410 e. The van der Waals surface area contributed by atoms with Crippen LogP contribution in [0.5, 0.6) is 0 Å². The molecule has 1 fully saturated rings. The van der Waals surface area contributed by atoms with E-state index in [4.69, 9.17) is 4.74 Å². The van der Waals surface area contributed by atoms with E-state index < -0.39 is 5.60 Å². The Balaban J connectivity index is 1.60. The molecule has 1 heterocycles. The Hall–Kier alpha value is -2.08. The Labute approximate surface area is 169 Å². The maximum atomic E-state index is 12.4. The molecule has 1 saturated heterocycles. The Bertz CT molecular complexity index is 620. The van der Waals surface area contributed by atoms with Crippen LogP contribution >= 0.6 is 0 Å². The van der Waals surface area contributed by atoms with Gasteiger partial charge in [0.1, 0.15) is 5.60 Å². The molecule has 0 saturated carbocycles. The van der Waals surface area contributed by atoms with Crippen LogP contribution in [0.15, 0.2) is 30.3 Å². The molecule has 1 aromatic carbocycles. The lowest BCUT2D eigenvalue weighted by Gasteiger charge is -2.33. The SMILES string of the molecule is CN(CCCNC(=O)C1CCN(C(=O)OC(C)(C)C)CC1)Cc1ccccc1. The van der Waals surface area contributed by atoms with Gasteiger partial charge in [0.15, 0.2) is 0 Å². The number of nitrogens with one attached hydrogen (secondary N) is 1. The van der Waals surface area contributed by atoms with Crippen molar-refractivity contribution in [3.63, 3.8) is 0 Å². The summed E-state index contributed by atoms with van der Waals surface area (Å²) in [5.74, 6) is 0.0929. The summed E-state index contributed by atoms with van der Waals surface area (Å²) in [6.45, 7) is 9.28. The molecule has 6 heteroatoms. The predicted octanol–water partition coefficient (Wildman–Crippen LogP) is 3.27. The quantitative estimate of drug-likeness (QED) is 0.727. The van der Waals surface area contributed by atoms with Crippen molar-refractivity contribution in [2.75, 3.05) is 33.2 Å². The third kappa shape index (κ3) is 7.89. The summed E-state index contributed by atoms with van der Waals surface area (Å²) >= 11 is 0. The van der Waals surface area contributed by atoms with Crippen LogP contribution in [-0.4, -0.2) is 60.6 Å². The number of rotatable bonds is 7. The lowest BCUT2D eigenvalue weighted by molar-refractivity contribution is -0.126. The molecule has 6 nitrogen and oxygen atoms in total. The maximum absolute atomic E-state index is 12.4. The average molecular weight is 390 g/mol. The van der Waals surface area contributed by atoms with Crippen LogP contribution in [0.1, 0.15) is 45.6 Å². The van der Waals surface area contributed by atoms with Crippen LogP contribution < -0.4 is 5.32 Å². The van der Waals surface area contributed by atoms with Gasteiger partial charge in [0, 0.05) is 32.1 Å². The van der Waals surface area contributed by atoms with Gasteiger partial charge in [0.25, 0.3) is 0 Å². The normalized spacial score (nSPS) is 15.5. The van der Waals surface area contributed by atoms with Crippen LogP contribution in [0.2, 0.25) is 0 Å². The largest absolute Gasteiger partial charge is 0.444 e. The van der Waals surface area contributed by atoms with Gasteiger partial charge in [0.2, 0.25) is 5.91 Å². The maximum Gasteiger partial charge on any atom is 0.410 e. The average Bonchev–Trinajstić information content (AvgIpc) is 2.64. The van der Waals surface area contributed by atoms with Crippen LogP contribution in [0, 0.1) is 5.92 Å². The highest BCUT2D eigenvalue weighted by Gasteiger charge is 2.29. The first kappa shape index (κ1) is 22.2. The summed E-state index contributed by atoms with van der Waals surface area (Å²) in [5.41, 5.74) is 0.810. The molecule has 0 aromatic heterocycles. The van der Waals surface area contributed by atoms with E-state index in [2.05, 4.69) is 41.5 Å². The minimum Gasteiger partial charge on any atom is -0.444 e. The fourth-order valence-electron chi connectivity index (χ4n) is 3.33. The zero-order valence-corrected chi connectivity index (χ0v) is 17.7. The lowest BCUT2D eigenvalue weighted by Crippen LogP contribution is -2.45.